The predicted octanol–water partition coefficient (Wildman–Crippen LogP) is 2.10. The number of hydrogen-bond acceptors (Lipinski definition) is 3. The zero-order chi connectivity index (χ0) is 17.9. The van der Waals surface area contributed by atoms with E-state index in [2.05, 4.69) is 31.3 Å². The third-order valence-corrected chi connectivity index (χ3v) is 4.04. The van der Waals surface area contributed by atoms with E-state index in [1.807, 2.05) is 12.1 Å². The largest absolute Gasteiger partial charge is 0.366 e. The highest BCUT2D eigenvalue weighted by molar-refractivity contribution is 5.98. The van der Waals surface area contributed by atoms with Gasteiger partial charge in [-0.2, -0.15) is 0 Å². The average molecular weight is 365 g/mol. The SMILES string of the molecule is CC(C)c1ccc(C(N)CNC(=O)c2cc(C(N)=O)cn2C)cc1.Cl. The maximum absolute atomic E-state index is 12.2. The van der Waals surface area contributed by atoms with Crippen LogP contribution in [0.2, 0.25) is 0 Å². The van der Waals surface area contributed by atoms with Crippen LogP contribution in [0, 0.1) is 0 Å². The Morgan fingerprint density at radius 3 is 2.20 bits per heavy atom. The van der Waals surface area contributed by atoms with Crippen LogP contribution in [0.25, 0.3) is 0 Å². The maximum atomic E-state index is 12.2. The number of carbonyl (C=O) groups excluding carboxylic acids is 2. The number of amides is 2. The molecule has 2 aromatic rings. The van der Waals surface area contributed by atoms with Crippen LogP contribution < -0.4 is 16.8 Å². The number of rotatable bonds is 6. The molecule has 0 aliphatic rings. The third kappa shape index (κ3) is 5.08. The van der Waals surface area contributed by atoms with Crippen LogP contribution >= 0.6 is 12.4 Å². The molecular weight excluding hydrogens is 340 g/mol. The Hall–Kier alpha value is -2.31. The molecule has 7 heteroatoms. The molecule has 1 aromatic heterocycles. The summed E-state index contributed by atoms with van der Waals surface area (Å²) in [6, 6.07) is 9.25. The Balaban J connectivity index is 0.00000312. The molecule has 136 valence electrons. The fraction of sp³-hybridized carbons (Fsp3) is 0.333. The molecule has 5 N–H and O–H groups in total. The van der Waals surface area contributed by atoms with Crippen LogP contribution in [-0.4, -0.2) is 22.9 Å². The Labute approximate surface area is 154 Å². The van der Waals surface area contributed by atoms with Crippen LogP contribution in [0.4, 0.5) is 0 Å². The van der Waals surface area contributed by atoms with Crippen molar-refractivity contribution in [1.29, 1.82) is 0 Å². The number of nitrogens with two attached hydrogens (primary N) is 2. The first-order valence-electron chi connectivity index (χ1n) is 7.89. The van der Waals surface area contributed by atoms with Crippen LogP contribution in [0.5, 0.6) is 0 Å². The molecule has 0 aliphatic heterocycles. The molecule has 1 atom stereocenters. The third-order valence-electron chi connectivity index (χ3n) is 4.04. The molecule has 0 bridgehead atoms. The summed E-state index contributed by atoms with van der Waals surface area (Å²) >= 11 is 0. The molecule has 25 heavy (non-hydrogen) atoms. The van der Waals surface area contributed by atoms with Crippen molar-refractivity contribution >= 4 is 24.2 Å². The molecule has 2 rings (SSSR count). The lowest BCUT2D eigenvalue weighted by atomic mass is 9.99. The molecule has 0 aliphatic carbocycles. The van der Waals surface area contributed by atoms with E-state index in [0.717, 1.165) is 5.56 Å². The van der Waals surface area contributed by atoms with Gasteiger partial charge in [0, 0.05) is 25.8 Å². The summed E-state index contributed by atoms with van der Waals surface area (Å²) in [7, 11) is 1.69. The van der Waals surface area contributed by atoms with Gasteiger partial charge in [0.1, 0.15) is 5.69 Å². The number of nitrogens with zero attached hydrogens (tertiary/aromatic N) is 1. The molecule has 1 aromatic carbocycles. The first-order chi connectivity index (χ1) is 11.3. The van der Waals surface area contributed by atoms with Crippen molar-refractivity contribution in [3.63, 3.8) is 0 Å². The minimum Gasteiger partial charge on any atom is -0.366 e. The quantitative estimate of drug-likeness (QED) is 0.731. The van der Waals surface area contributed by atoms with Gasteiger partial charge in [-0.1, -0.05) is 38.1 Å². The molecule has 0 saturated heterocycles. The number of nitrogens with one attached hydrogen (secondary N) is 1. The Bertz CT molecular complexity index is 738. The number of primary amides is 1. The monoisotopic (exact) mass is 364 g/mol. The second kappa shape index (κ2) is 8.69. The zero-order valence-electron chi connectivity index (χ0n) is 14.7. The van der Waals surface area contributed by atoms with Gasteiger partial charge in [-0.25, -0.2) is 0 Å². The molecule has 1 unspecified atom stereocenters. The van der Waals surface area contributed by atoms with Crippen molar-refractivity contribution in [2.75, 3.05) is 6.54 Å². The highest BCUT2D eigenvalue weighted by Gasteiger charge is 2.15. The number of aryl methyl sites for hydroxylation is 1. The maximum Gasteiger partial charge on any atom is 0.267 e. The van der Waals surface area contributed by atoms with Gasteiger partial charge in [0.15, 0.2) is 0 Å². The summed E-state index contributed by atoms with van der Waals surface area (Å²) in [6.07, 6.45) is 1.53. The van der Waals surface area contributed by atoms with Crippen LogP contribution in [-0.2, 0) is 7.05 Å². The van der Waals surface area contributed by atoms with Gasteiger partial charge in [0.05, 0.1) is 5.56 Å². The number of halogens is 1. The van der Waals surface area contributed by atoms with E-state index in [4.69, 9.17) is 11.5 Å². The lowest BCUT2D eigenvalue weighted by Gasteiger charge is -2.15. The van der Waals surface area contributed by atoms with E-state index in [1.165, 1.54) is 17.8 Å². The first kappa shape index (κ1) is 20.7. The molecular formula is C18H25ClN4O2. The Morgan fingerprint density at radius 1 is 1.16 bits per heavy atom. The number of carbonyl (C=O) groups is 2. The topological polar surface area (TPSA) is 103 Å². The van der Waals surface area contributed by atoms with Gasteiger partial charge < -0.3 is 21.4 Å². The van der Waals surface area contributed by atoms with E-state index in [1.54, 1.807) is 11.6 Å². The zero-order valence-corrected chi connectivity index (χ0v) is 15.5. The van der Waals surface area contributed by atoms with Gasteiger partial charge in [-0.05, 0) is 23.1 Å². The van der Waals surface area contributed by atoms with Crippen LogP contribution in [0.15, 0.2) is 36.5 Å². The summed E-state index contributed by atoms with van der Waals surface area (Å²) in [6.45, 7) is 4.57. The Kier molecular flexibility index (Phi) is 7.21. The normalized spacial score (nSPS) is 11.7. The van der Waals surface area contributed by atoms with Gasteiger partial charge in [0.2, 0.25) is 5.91 Å². The fourth-order valence-electron chi connectivity index (χ4n) is 2.46. The second-order valence-electron chi connectivity index (χ2n) is 6.23. The van der Waals surface area contributed by atoms with Crippen molar-refractivity contribution in [3.8, 4) is 0 Å². The standard InChI is InChI=1S/C18H24N4O2.ClH/c1-11(2)12-4-6-13(7-5-12)15(19)9-21-18(24)16-8-14(17(20)23)10-22(16)3;/h4-8,10-11,15H,9,19H2,1-3H3,(H2,20,23)(H,21,24);1H. The fourth-order valence-corrected chi connectivity index (χ4v) is 2.46. The molecule has 0 fully saturated rings. The molecule has 0 saturated carbocycles. The predicted molar refractivity (Wildman–Crippen MR) is 101 cm³/mol. The smallest absolute Gasteiger partial charge is 0.267 e. The molecule has 1 heterocycles. The molecule has 0 radical (unpaired) electrons. The van der Waals surface area contributed by atoms with Gasteiger partial charge >= 0.3 is 0 Å². The van der Waals surface area contributed by atoms with E-state index in [0.29, 0.717) is 23.7 Å². The number of hydrogen-bond donors (Lipinski definition) is 3. The lowest BCUT2D eigenvalue weighted by molar-refractivity contribution is 0.0942. The van der Waals surface area contributed by atoms with Crippen molar-refractivity contribution < 1.29 is 9.59 Å². The molecule has 0 spiro atoms. The molecule has 6 nitrogen and oxygen atoms in total. The highest BCUT2D eigenvalue weighted by atomic mass is 35.5. The minimum atomic E-state index is -0.563. The summed E-state index contributed by atoms with van der Waals surface area (Å²) in [5.74, 6) is -0.391. The number of benzene rings is 1. The average Bonchev–Trinajstić information content (AvgIpc) is 2.94. The first-order valence-corrected chi connectivity index (χ1v) is 7.89. The van der Waals surface area contributed by atoms with Crippen molar-refractivity contribution in [2.24, 2.45) is 18.5 Å². The van der Waals surface area contributed by atoms with Crippen molar-refractivity contribution in [2.45, 2.75) is 25.8 Å². The van der Waals surface area contributed by atoms with Crippen molar-refractivity contribution in [3.05, 3.63) is 58.9 Å². The van der Waals surface area contributed by atoms with Crippen molar-refractivity contribution in [1.82, 2.24) is 9.88 Å². The Morgan fingerprint density at radius 2 is 1.72 bits per heavy atom. The summed E-state index contributed by atoms with van der Waals surface area (Å²) in [5.41, 5.74) is 14.2. The second-order valence-corrected chi connectivity index (χ2v) is 6.23. The van der Waals surface area contributed by atoms with E-state index in [9.17, 15) is 9.59 Å². The highest BCUT2D eigenvalue weighted by Crippen LogP contribution is 2.17. The summed E-state index contributed by atoms with van der Waals surface area (Å²) in [5, 5.41) is 2.79. The number of aromatic nitrogens is 1. The van der Waals surface area contributed by atoms with E-state index >= 15 is 0 Å². The van der Waals surface area contributed by atoms with E-state index < -0.39 is 5.91 Å². The van der Waals surface area contributed by atoms with Gasteiger partial charge in [-0.15, -0.1) is 12.4 Å². The lowest BCUT2D eigenvalue weighted by Crippen LogP contribution is -2.32. The van der Waals surface area contributed by atoms with E-state index in [-0.39, 0.29) is 24.4 Å². The minimum absolute atomic E-state index is 0. The van der Waals surface area contributed by atoms with Crippen LogP contribution in [0.3, 0.4) is 0 Å². The van der Waals surface area contributed by atoms with Crippen LogP contribution in [0.1, 0.15) is 57.8 Å². The van der Waals surface area contributed by atoms with Gasteiger partial charge in [-0.3, -0.25) is 9.59 Å². The summed E-state index contributed by atoms with van der Waals surface area (Å²) in [4.78, 5) is 23.4. The molecule has 2 amide bonds. The van der Waals surface area contributed by atoms with Gasteiger partial charge in [0.25, 0.3) is 5.91 Å². The summed E-state index contributed by atoms with van der Waals surface area (Å²) < 4.78 is 1.57.